The second-order valence-corrected chi connectivity index (χ2v) is 7.66. The van der Waals surface area contributed by atoms with E-state index in [1.807, 2.05) is 0 Å². The van der Waals surface area contributed by atoms with E-state index in [1.165, 1.54) is 16.9 Å². The highest BCUT2D eigenvalue weighted by Crippen LogP contribution is 2.26. The summed E-state index contributed by atoms with van der Waals surface area (Å²) >= 11 is 0. The second kappa shape index (κ2) is 5.51. The maximum absolute atomic E-state index is 11.7. The molecule has 3 rings (SSSR count). The number of rotatable bonds is 2. The number of β-amino-alcohol motifs (C(OH)–C–C–N with tert-alkyl or cyclic N) is 1. The van der Waals surface area contributed by atoms with Crippen LogP contribution in [0.2, 0.25) is 0 Å². The van der Waals surface area contributed by atoms with Crippen molar-refractivity contribution in [3.63, 3.8) is 0 Å². The molecule has 0 radical (unpaired) electrons. The fourth-order valence-electron chi connectivity index (χ4n) is 3.03. The number of aliphatic hydroxyl groups is 1. The van der Waals surface area contributed by atoms with Crippen LogP contribution in [0.3, 0.4) is 0 Å². The standard InChI is InChI=1S/C13H20N4O3S/c1-21(19,20)17-6-3-11-12(4-7-17)14-9-15-13(11)16-5-2-10(18)8-16/h9-10,18H,2-8H2,1H3/t10-/m1/s1. The summed E-state index contributed by atoms with van der Waals surface area (Å²) in [5.41, 5.74) is 1.95. The minimum absolute atomic E-state index is 0.311. The molecule has 0 unspecified atom stereocenters. The summed E-state index contributed by atoms with van der Waals surface area (Å²) < 4.78 is 24.9. The van der Waals surface area contributed by atoms with E-state index in [4.69, 9.17) is 0 Å². The van der Waals surface area contributed by atoms with Gasteiger partial charge in [-0.05, 0) is 12.8 Å². The average molecular weight is 312 g/mol. The van der Waals surface area contributed by atoms with Gasteiger partial charge in [0, 0.05) is 38.2 Å². The van der Waals surface area contributed by atoms with Crippen molar-refractivity contribution in [3.8, 4) is 0 Å². The van der Waals surface area contributed by atoms with Crippen LogP contribution in [0.15, 0.2) is 6.33 Å². The molecule has 0 aliphatic carbocycles. The summed E-state index contributed by atoms with van der Waals surface area (Å²) in [6.45, 7) is 2.28. The molecule has 116 valence electrons. The fourth-order valence-corrected chi connectivity index (χ4v) is 3.87. The van der Waals surface area contributed by atoms with Crippen LogP contribution in [0.5, 0.6) is 0 Å². The molecule has 2 aliphatic heterocycles. The zero-order valence-corrected chi connectivity index (χ0v) is 12.9. The van der Waals surface area contributed by atoms with Crippen LogP contribution in [-0.2, 0) is 22.9 Å². The molecule has 1 N–H and O–H groups in total. The number of anilines is 1. The summed E-state index contributed by atoms with van der Waals surface area (Å²) in [6.07, 6.45) is 4.43. The number of nitrogens with zero attached hydrogens (tertiary/aromatic N) is 4. The van der Waals surface area contributed by atoms with Crippen LogP contribution >= 0.6 is 0 Å². The van der Waals surface area contributed by atoms with Crippen molar-refractivity contribution in [3.05, 3.63) is 17.6 Å². The number of sulfonamides is 1. The predicted octanol–water partition coefficient (Wildman–Crippen LogP) is -0.592. The van der Waals surface area contributed by atoms with Crippen molar-refractivity contribution >= 4 is 15.8 Å². The van der Waals surface area contributed by atoms with Gasteiger partial charge in [0.2, 0.25) is 10.0 Å². The third-order valence-corrected chi connectivity index (χ3v) is 5.46. The summed E-state index contributed by atoms with van der Waals surface area (Å²) in [5, 5.41) is 9.70. The molecule has 1 aromatic heterocycles. The Hall–Kier alpha value is -1.25. The smallest absolute Gasteiger partial charge is 0.211 e. The summed E-state index contributed by atoms with van der Waals surface area (Å²) in [6, 6.07) is 0. The number of hydrogen-bond acceptors (Lipinski definition) is 6. The molecule has 21 heavy (non-hydrogen) atoms. The normalized spacial score (nSPS) is 23.9. The van der Waals surface area contributed by atoms with Gasteiger partial charge in [0.1, 0.15) is 12.1 Å². The molecule has 8 heteroatoms. The van der Waals surface area contributed by atoms with Gasteiger partial charge in [-0.2, -0.15) is 0 Å². The topological polar surface area (TPSA) is 86.6 Å². The molecule has 3 heterocycles. The third-order valence-electron chi connectivity index (χ3n) is 4.15. The van der Waals surface area contributed by atoms with Crippen LogP contribution in [0.4, 0.5) is 5.82 Å². The first-order valence-electron chi connectivity index (χ1n) is 7.16. The Bertz CT molecular complexity index is 634. The van der Waals surface area contributed by atoms with Gasteiger partial charge in [0.25, 0.3) is 0 Å². The van der Waals surface area contributed by atoms with Crippen molar-refractivity contribution in [2.24, 2.45) is 0 Å². The van der Waals surface area contributed by atoms with Crippen molar-refractivity contribution in [1.82, 2.24) is 14.3 Å². The molecule has 7 nitrogen and oxygen atoms in total. The summed E-state index contributed by atoms with van der Waals surface area (Å²) in [4.78, 5) is 10.8. The zero-order valence-electron chi connectivity index (χ0n) is 12.1. The van der Waals surface area contributed by atoms with Crippen LogP contribution in [0.1, 0.15) is 17.7 Å². The lowest BCUT2D eigenvalue weighted by atomic mass is 10.1. The van der Waals surface area contributed by atoms with Gasteiger partial charge in [-0.25, -0.2) is 22.7 Å². The quantitative estimate of drug-likeness (QED) is 0.785. The SMILES string of the molecule is CS(=O)(=O)N1CCc2ncnc(N3CC[C@@H](O)C3)c2CC1. The van der Waals surface area contributed by atoms with Gasteiger partial charge in [-0.3, -0.25) is 0 Å². The maximum atomic E-state index is 11.7. The monoisotopic (exact) mass is 312 g/mol. The minimum atomic E-state index is -3.18. The Balaban J connectivity index is 1.88. The lowest BCUT2D eigenvalue weighted by molar-refractivity contribution is 0.198. The number of aromatic nitrogens is 2. The van der Waals surface area contributed by atoms with E-state index in [9.17, 15) is 13.5 Å². The van der Waals surface area contributed by atoms with Crippen molar-refractivity contribution in [2.45, 2.75) is 25.4 Å². The first kappa shape index (κ1) is 14.7. The van der Waals surface area contributed by atoms with Crippen LogP contribution in [0.25, 0.3) is 0 Å². The van der Waals surface area contributed by atoms with Gasteiger partial charge in [0.05, 0.1) is 18.1 Å². The van der Waals surface area contributed by atoms with Gasteiger partial charge in [-0.15, -0.1) is 0 Å². The largest absolute Gasteiger partial charge is 0.391 e. The lowest BCUT2D eigenvalue weighted by Crippen LogP contribution is -2.32. The van der Waals surface area contributed by atoms with Crippen LogP contribution < -0.4 is 4.90 Å². The Morgan fingerprint density at radius 3 is 2.67 bits per heavy atom. The third kappa shape index (κ3) is 3.02. The Kier molecular flexibility index (Phi) is 3.85. The molecule has 0 bridgehead atoms. The Morgan fingerprint density at radius 1 is 1.24 bits per heavy atom. The molecular formula is C13H20N4O3S. The van der Waals surface area contributed by atoms with E-state index in [2.05, 4.69) is 14.9 Å². The maximum Gasteiger partial charge on any atom is 0.211 e. The molecule has 0 saturated carbocycles. The first-order chi connectivity index (χ1) is 9.95. The van der Waals surface area contributed by atoms with Crippen molar-refractivity contribution in [1.29, 1.82) is 0 Å². The molecule has 0 aromatic carbocycles. The van der Waals surface area contributed by atoms with Gasteiger partial charge >= 0.3 is 0 Å². The summed E-state index contributed by atoms with van der Waals surface area (Å²) in [5.74, 6) is 0.854. The zero-order chi connectivity index (χ0) is 15.0. The first-order valence-corrected chi connectivity index (χ1v) is 9.01. The average Bonchev–Trinajstić information content (AvgIpc) is 2.72. The van der Waals surface area contributed by atoms with Gasteiger partial charge in [0.15, 0.2) is 0 Å². The van der Waals surface area contributed by atoms with E-state index < -0.39 is 10.0 Å². The fraction of sp³-hybridized carbons (Fsp3) is 0.692. The molecule has 0 spiro atoms. The van der Waals surface area contributed by atoms with Crippen LogP contribution in [-0.4, -0.2) is 66.3 Å². The van der Waals surface area contributed by atoms with E-state index in [0.29, 0.717) is 32.5 Å². The van der Waals surface area contributed by atoms with Crippen molar-refractivity contribution in [2.75, 3.05) is 37.3 Å². The van der Waals surface area contributed by atoms with Crippen molar-refractivity contribution < 1.29 is 13.5 Å². The molecule has 1 aromatic rings. The van der Waals surface area contributed by atoms with Crippen LogP contribution in [0, 0.1) is 0 Å². The molecule has 2 aliphatic rings. The molecule has 0 amide bonds. The number of fused-ring (bicyclic) bond motifs is 1. The highest BCUT2D eigenvalue weighted by Gasteiger charge is 2.28. The molecule has 1 saturated heterocycles. The van der Waals surface area contributed by atoms with E-state index in [0.717, 1.165) is 30.0 Å². The minimum Gasteiger partial charge on any atom is -0.391 e. The molecular weight excluding hydrogens is 292 g/mol. The van der Waals surface area contributed by atoms with E-state index >= 15 is 0 Å². The van der Waals surface area contributed by atoms with E-state index in [-0.39, 0.29) is 6.10 Å². The Morgan fingerprint density at radius 2 is 2.00 bits per heavy atom. The van der Waals surface area contributed by atoms with Gasteiger partial charge in [-0.1, -0.05) is 0 Å². The van der Waals surface area contributed by atoms with E-state index in [1.54, 1.807) is 0 Å². The second-order valence-electron chi connectivity index (χ2n) is 5.67. The summed E-state index contributed by atoms with van der Waals surface area (Å²) in [7, 11) is -3.18. The lowest BCUT2D eigenvalue weighted by Gasteiger charge is -2.21. The number of aliphatic hydroxyl groups excluding tert-OH is 1. The predicted molar refractivity (Wildman–Crippen MR) is 78.7 cm³/mol. The molecule has 1 atom stereocenters. The highest BCUT2D eigenvalue weighted by molar-refractivity contribution is 7.88. The van der Waals surface area contributed by atoms with Gasteiger partial charge < -0.3 is 10.0 Å². The molecule has 1 fully saturated rings. The number of hydrogen-bond donors (Lipinski definition) is 1. The highest BCUT2D eigenvalue weighted by atomic mass is 32.2. The Labute approximate surface area is 124 Å².